The highest BCUT2D eigenvalue weighted by molar-refractivity contribution is 7.92. The van der Waals surface area contributed by atoms with Crippen LogP contribution in [0, 0.1) is 20.8 Å². The molecule has 0 bridgehead atoms. The van der Waals surface area contributed by atoms with Gasteiger partial charge in [0.15, 0.2) is 0 Å². The number of oxazole rings is 2. The fourth-order valence-corrected chi connectivity index (χ4v) is 6.29. The average molecular weight is 638 g/mol. The van der Waals surface area contributed by atoms with Gasteiger partial charge in [-0.15, -0.1) is 0 Å². The van der Waals surface area contributed by atoms with Crippen molar-refractivity contribution in [3.63, 3.8) is 0 Å². The van der Waals surface area contributed by atoms with Gasteiger partial charge in [-0.1, -0.05) is 47.6 Å². The number of nitrogens with one attached hydrogen (secondary N) is 1. The number of nitrogens with zero attached hydrogens (tertiary/aromatic N) is 4. The van der Waals surface area contributed by atoms with Crippen molar-refractivity contribution in [3.05, 3.63) is 114 Å². The predicted octanol–water partition coefficient (Wildman–Crippen LogP) is 6.58. The monoisotopic (exact) mass is 637 g/mol. The van der Waals surface area contributed by atoms with E-state index in [9.17, 15) is 13.2 Å². The molecular weight excluding hydrogens is 606 g/mol. The lowest BCUT2D eigenvalue weighted by atomic mass is 9.96. The van der Waals surface area contributed by atoms with Crippen molar-refractivity contribution >= 4 is 21.8 Å². The Labute approximate surface area is 265 Å². The molecule has 0 radical (unpaired) electrons. The van der Waals surface area contributed by atoms with Crippen LogP contribution in [0.2, 0.25) is 0 Å². The van der Waals surface area contributed by atoms with Crippen molar-refractivity contribution in [1.29, 1.82) is 0 Å². The molecule has 1 amide bonds. The second-order valence-corrected chi connectivity index (χ2v) is 12.5. The van der Waals surface area contributed by atoms with Crippen LogP contribution in [0.15, 0.2) is 104 Å². The summed E-state index contributed by atoms with van der Waals surface area (Å²) in [7, 11) is -2.40. The standard InChI is InChI=1S/C34H31N5O6S/c1-21-22(2)37-45-32(21)38-46(41,42)30-13-9-8-12-28(30)27-15-14-25(33-35-16-17-43-33)18-26(27)20-39(4)31(40)19-29-23(3)44-34(36-29)24-10-6-5-7-11-24/h5-18,38H,19-20H2,1-4H3. The van der Waals surface area contributed by atoms with Crippen LogP contribution in [0.1, 0.15) is 28.3 Å². The van der Waals surface area contributed by atoms with Gasteiger partial charge in [0.1, 0.15) is 12.0 Å². The number of aryl methyl sites for hydroxylation is 2. The van der Waals surface area contributed by atoms with Crippen LogP contribution >= 0.6 is 0 Å². The number of sulfonamides is 1. The lowest BCUT2D eigenvalue weighted by molar-refractivity contribution is -0.129. The van der Waals surface area contributed by atoms with E-state index in [0.717, 1.165) is 5.56 Å². The molecule has 0 aliphatic heterocycles. The molecular formula is C34H31N5O6S. The first-order valence-corrected chi connectivity index (χ1v) is 15.9. The Morgan fingerprint density at radius 1 is 0.913 bits per heavy atom. The summed E-state index contributed by atoms with van der Waals surface area (Å²) in [6, 6.07) is 21.6. The molecule has 12 heteroatoms. The number of carbonyl (C=O) groups is 1. The van der Waals surface area contributed by atoms with Gasteiger partial charge in [-0.3, -0.25) is 4.79 Å². The molecule has 46 heavy (non-hydrogen) atoms. The van der Waals surface area contributed by atoms with Crippen molar-refractivity contribution in [2.75, 3.05) is 11.8 Å². The molecule has 6 rings (SSSR count). The van der Waals surface area contributed by atoms with Crippen LogP contribution in [0.5, 0.6) is 0 Å². The predicted molar refractivity (Wildman–Crippen MR) is 171 cm³/mol. The Morgan fingerprint density at radius 3 is 2.39 bits per heavy atom. The Bertz CT molecular complexity index is 2120. The Kier molecular flexibility index (Phi) is 8.29. The molecule has 0 aliphatic carbocycles. The van der Waals surface area contributed by atoms with Gasteiger partial charge in [0, 0.05) is 35.8 Å². The van der Waals surface area contributed by atoms with Gasteiger partial charge in [0.25, 0.3) is 10.0 Å². The topological polar surface area (TPSA) is 145 Å². The van der Waals surface area contributed by atoms with E-state index in [0.29, 0.717) is 56.7 Å². The van der Waals surface area contributed by atoms with Crippen molar-refractivity contribution in [3.8, 4) is 34.0 Å². The summed E-state index contributed by atoms with van der Waals surface area (Å²) >= 11 is 0. The van der Waals surface area contributed by atoms with Gasteiger partial charge in [-0.05, 0) is 62.2 Å². The van der Waals surface area contributed by atoms with Gasteiger partial charge < -0.3 is 18.3 Å². The average Bonchev–Trinajstić information content (AvgIpc) is 3.80. The maximum atomic E-state index is 13.7. The minimum Gasteiger partial charge on any atom is -0.445 e. The van der Waals surface area contributed by atoms with E-state index < -0.39 is 10.0 Å². The maximum Gasteiger partial charge on any atom is 0.264 e. The molecule has 0 atom stereocenters. The fourth-order valence-electron chi connectivity index (χ4n) is 5.02. The van der Waals surface area contributed by atoms with Gasteiger partial charge in [-0.25, -0.2) is 23.1 Å². The van der Waals surface area contributed by atoms with E-state index in [1.54, 1.807) is 69.2 Å². The van der Waals surface area contributed by atoms with E-state index in [2.05, 4.69) is 19.8 Å². The Morgan fingerprint density at radius 2 is 1.67 bits per heavy atom. The van der Waals surface area contributed by atoms with Crippen LogP contribution in [-0.4, -0.2) is 41.4 Å². The summed E-state index contributed by atoms with van der Waals surface area (Å²) < 4.78 is 46.5. The SMILES string of the molecule is Cc1noc(NS(=O)(=O)c2ccccc2-c2ccc(-c3ncco3)cc2CN(C)C(=O)Cc2nc(-c3ccccc3)oc2C)c1C. The Hall–Kier alpha value is -5.49. The molecule has 6 aromatic rings. The van der Waals surface area contributed by atoms with Gasteiger partial charge in [0.05, 0.1) is 28.9 Å². The van der Waals surface area contributed by atoms with E-state index in [1.807, 2.05) is 36.4 Å². The number of hydrogen-bond donors (Lipinski definition) is 1. The molecule has 0 saturated carbocycles. The maximum absolute atomic E-state index is 13.7. The quantitative estimate of drug-likeness (QED) is 0.176. The van der Waals surface area contributed by atoms with Gasteiger partial charge in [-0.2, -0.15) is 0 Å². The van der Waals surface area contributed by atoms with Gasteiger partial charge >= 0.3 is 0 Å². The van der Waals surface area contributed by atoms with Crippen LogP contribution in [0.4, 0.5) is 5.88 Å². The fraction of sp³-hybridized carbons (Fsp3) is 0.176. The molecule has 0 aliphatic rings. The lowest BCUT2D eigenvalue weighted by Crippen LogP contribution is -2.28. The number of hydrogen-bond acceptors (Lipinski definition) is 9. The van der Waals surface area contributed by atoms with Crippen molar-refractivity contribution in [2.45, 2.75) is 38.6 Å². The largest absolute Gasteiger partial charge is 0.445 e. The van der Waals surface area contributed by atoms with Crippen LogP contribution in [0.3, 0.4) is 0 Å². The molecule has 3 heterocycles. The first-order chi connectivity index (χ1) is 22.1. The number of amides is 1. The third kappa shape index (κ3) is 6.20. The van der Waals surface area contributed by atoms with E-state index >= 15 is 0 Å². The zero-order chi connectivity index (χ0) is 32.4. The van der Waals surface area contributed by atoms with Crippen molar-refractivity contribution in [1.82, 2.24) is 20.0 Å². The number of anilines is 1. The van der Waals surface area contributed by atoms with E-state index in [-0.39, 0.29) is 29.7 Å². The highest BCUT2D eigenvalue weighted by Gasteiger charge is 2.25. The lowest BCUT2D eigenvalue weighted by Gasteiger charge is -2.21. The molecule has 3 aromatic heterocycles. The molecule has 1 N–H and O–H groups in total. The summed E-state index contributed by atoms with van der Waals surface area (Å²) in [6.45, 7) is 5.40. The van der Waals surface area contributed by atoms with Crippen molar-refractivity contribution < 1.29 is 26.6 Å². The number of likely N-dealkylation sites (N-methyl/N-ethyl adjacent to an activating group) is 1. The minimum absolute atomic E-state index is 0.0261. The van der Waals surface area contributed by atoms with E-state index in [4.69, 9.17) is 13.4 Å². The van der Waals surface area contributed by atoms with Crippen LogP contribution in [-0.2, 0) is 27.8 Å². The Balaban J connectivity index is 1.33. The summed E-state index contributed by atoms with van der Waals surface area (Å²) in [5.74, 6) is 1.27. The molecule has 0 fully saturated rings. The molecule has 0 unspecified atom stereocenters. The zero-order valence-electron chi connectivity index (χ0n) is 25.6. The highest BCUT2D eigenvalue weighted by Crippen LogP contribution is 2.35. The van der Waals surface area contributed by atoms with Crippen molar-refractivity contribution in [2.24, 2.45) is 0 Å². The molecule has 3 aromatic carbocycles. The molecule has 234 valence electrons. The summed E-state index contributed by atoms with van der Waals surface area (Å²) in [6.07, 6.45) is 3.05. The summed E-state index contributed by atoms with van der Waals surface area (Å²) in [5.41, 5.74) is 4.96. The van der Waals surface area contributed by atoms with E-state index in [1.165, 1.54) is 12.3 Å². The first kappa shape index (κ1) is 30.5. The smallest absolute Gasteiger partial charge is 0.264 e. The summed E-state index contributed by atoms with van der Waals surface area (Å²) in [4.78, 5) is 24.0. The number of carbonyl (C=O) groups excluding carboxylic acids is 1. The molecule has 11 nitrogen and oxygen atoms in total. The third-order valence-corrected chi connectivity index (χ3v) is 9.09. The highest BCUT2D eigenvalue weighted by atomic mass is 32.2. The summed E-state index contributed by atoms with van der Waals surface area (Å²) in [5, 5.41) is 3.86. The normalized spacial score (nSPS) is 11.5. The van der Waals surface area contributed by atoms with Crippen LogP contribution in [0.25, 0.3) is 34.0 Å². The number of benzene rings is 3. The van der Waals surface area contributed by atoms with Gasteiger partial charge in [0.2, 0.25) is 23.6 Å². The number of rotatable bonds is 10. The second kappa shape index (κ2) is 12.5. The second-order valence-electron chi connectivity index (χ2n) is 10.8. The first-order valence-electron chi connectivity index (χ1n) is 14.4. The zero-order valence-corrected chi connectivity index (χ0v) is 26.5. The van der Waals surface area contributed by atoms with Crippen LogP contribution < -0.4 is 4.72 Å². The third-order valence-electron chi connectivity index (χ3n) is 7.70. The minimum atomic E-state index is -4.10. The number of aromatic nitrogens is 3. The molecule has 0 spiro atoms. The molecule has 0 saturated heterocycles.